The van der Waals surface area contributed by atoms with E-state index in [2.05, 4.69) is 5.32 Å². The highest BCUT2D eigenvalue weighted by atomic mass is 32.1. The Kier molecular flexibility index (Phi) is 3.85. The van der Waals surface area contributed by atoms with Crippen molar-refractivity contribution in [3.8, 4) is 0 Å². The molecule has 6 nitrogen and oxygen atoms in total. The largest absolute Gasteiger partial charge is 0.465 e. The van der Waals surface area contributed by atoms with Crippen LogP contribution in [0.1, 0.15) is 20.2 Å². The molecule has 26 heavy (non-hydrogen) atoms. The van der Waals surface area contributed by atoms with Crippen LogP contribution >= 0.6 is 11.3 Å². The summed E-state index contributed by atoms with van der Waals surface area (Å²) in [4.78, 5) is 24.6. The average molecular weight is 366 g/mol. The molecule has 0 unspecified atom stereocenters. The minimum Gasteiger partial charge on any atom is -0.465 e. The molecule has 1 amide bonds. The molecule has 2 aromatic carbocycles. The van der Waals surface area contributed by atoms with Crippen molar-refractivity contribution in [3.63, 3.8) is 0 Å². The van der Waals surface area contributed by atoms with Crippen LogP contribution in [0.5, 0.6) is 0 Å². The predicted molar refractivity (Wildman–Crippen MR) is 102 cm³/mol. The Morgan fingerprint density at radius 3 is 2.73 bits per heavy atom. The number of hydrogen-bond acceptors (Lipinski definition) is 6. The first-order valence-electron chi connectivity index (χ1n) is 7.76. The molecule has 0 spiro atoms. The second-order valence-corrected chi connectivity index (χ2v) is 6.80. The zero-order chi connectivity index (χ0) is 18.3. The molecule has 0 atom stereocenters. The van der Waals surface area contributed by atoms with E-state index in [9.17, 15) is 9.59 Å². The molecule has 0 fully saturated rings. The van der Waals surface area contributed by atoms with Gasteiger partial charge in [0.25, 0.3) is 5.91 Å². The topological polar surface area (TPSA) is 94.6 Å². The number of methoxy groups -OCH3 is 1. The van der Waals surface area contributed by atoms with Gasteiger partial charge in [-0.25, -0.2) is 4.79 Å². The number of esters is 1. The van der Waals surface area contributed by atoms with Crippen LogP contribution in [0.2, 0.25) is 0 Å². The van der Waals surface area contributed by atoms with Gasteiger partial charge in [-0.05, 0) is 53.9 Å². The van der Waals surface area contributed by atoms with E-state index in [4.69, 9.17) is 14.9 Å². The van der Waals surface area contributed by atoms with Gasteiger partial charge in [0.05, 0.1) is 7.11 Å². The summed E-state index contributed by atoms with van der Waals surface area (Å²) in [5.74, 6) is -0.535. The Hall–Kier alpha value is -3.32. The number of fused-ring (bicyclic) bond motifs is 2. The number of amides is 1. The van der Waals surface area contributed by atoms with Crippen LogP contribution in [0.4, 0.5) is 11.4 Å². The van der Waals surface area contributed by atoms with Crippen LogP contribution in [-0.2, 0) is 4.74 Å². The number of nitrogens with one attached hydrogen (secondary N) is 1. The van der Waals surface area contributed by atoms with Crippen LogP contribution < -0.4 is 11.1 Å². The molecule has 0 bridgehead atoms. The van der Waals surface area contributed by atoms with E-state index in [1.165, 1.54) is 18.4 Å². The number of rotatable bonds is 3. The fourth-order valence-corrected chi connectivity index (χ4v) is 3.65. The maximum absolute atomic E-state index is 12.5. The van der Waals surface area contributed by atoms with Crippen LogP contribution in [-0.4, -0.2) is 19.0 Å². The number of thiophene rings is 1. The molecule has 0 saturated heterocycles. The van der Waals surface area contributed by atoms with Gasteiger partial charge in [0, 0.05) is 21.5 Å². The monoisotopic (exact) mass is 366 g/mol. The first-order valence-corrected chi connectivity index (χ1v) is 8.57. The highest BCUT2D eigenvalue weighted by Crippen LogP contribution is 2.29. The van der Waals surface area contributed by atoms with Crippen molar-refractivity contribution in [1.82, 2.24) is 0 Å². The van der Waals surface area contributed by atoms with E-state index in [1.807, 2.05) is 6.07 Å². The van der Waals surface area contributed by atoms with E-state index < -0.39 is 0 Å². The van der Waals surface area contributed by atoms with Crippen LogP contribution in [0, 0.1) is 0 Å². The Morgan fingerprint density at radius 1 is 1.08 bits per heavy atom. The van der Waals surface area contributed by atoms with Crippen molar-refractivity contribution < 1.29 is 18.7 Å². The summed E-state index contributed by atoms with van der Waals surface area (Å²) in [6, 6.07) is 14.0. The Balaban J connectivity index is 1.60. The molecule has 0 radical (unpaired) electrons. The van der Waals surface area contributed by atoms with Gasteiger partial charge < -0.3 is 20.2 Å². The van der Waals surface area contributed by atoms with E-state index in [0.29, 0.717) is 21.8 Å². The number of ether oxygens (including phenoxy) is 1. The van der Waals surface area contributed by atoms with Crippen LogP contribution in [0.25, 0.3) is 21.1 Å². The average Bonchev–Trinajstić information content (AvgIpc) is 3.24. The molecular formula is C19H14N2O4S. The van der Waals surface area contributed by atoms with Gasteiger partial charge in [-0.1, -0.05) is 0 Å². The van der Waals surface area contributed by atoms with E-state index in [0.717, 1.165) is 15.5 Å². The number of carbonyl (C=O) groups excluding carboxylic acids is 2. The maximum atomic E-state index is 12.5. The number of benzene rings is 2. The van der Waals surface area contributed by atoms with E-state index in [-0.39, 0.29) is 17.6 Å². The summed E-state index contributed by atoms with van der Waals surface area (Å²) >= 11 is 1.34. The van der Waals surface area contributed by atoms with Crippen molar-refractivity contribution in [2.75, 3.05) is 18.2 Å². The Morgan fingerprint density at radius 2 is 1.92 bits per heavy atom. The molecule has 0 saturated carbocycles. The zero-order valence-corrected chi connectivity index (χ0v) is 14.6. The predicted octanol–water partition coefficient (Wildman–Crippen LogP) is 4.27. The van der Waals surface area contributed by atoms with Crippen molar-refractivity contribution in [1.29, 1.82) is 0 Å². The lowest BCUT2D eigenvalue weighted by molar-refractivity contribution is 0.0606. The summed E-state index contributed by atoms with van der Waals surface area (Å²) in [7, 11) is 1.35. The third-order valence-corrected chi connectivity index (χ3v) is 5.02. The second-order valence-electron chi connectivity index (χ2n) is 5.72. The van der Waals surface area contributed by atoms with Crippen molar-refractivity contribution in [2.45, 2.75) is 0 Å². The molecule has 2 aromatic heterocycles. The van der Waals surface area contributed by atoms with Gasteiger partial charge in [-0.2, -0.15) is 0 Å². The molecule has 4 aromatic rings. The summed E-state index contributed by atoms with van der Waals surface area (Å²) in [6.07, 6.45) is 0. The zero-order valence-electron chi connectivity index (χ0n) is 13.7. The van der Waals surface area contributed by atoms with Crippen molar-refractivity contribution in [2.24, 2.45) is 0 Å². The lowest BCUT2D eigenvalue weighted by Gasteiger charge is -2.02. The van der Waals surface area contributed by atoms with Gasteiger partial charge in [0.2, 0.25) is 0 Å². The Bertz CT molecular complexity index is 1160. The first kappa shape index (κ1) is 16.2. The molecule has 4 rings (SSSR count). The quantitative estimate of drug-likeness (QED) is 0.417. The highest BCUT2D eigenvalue weighted by Gasteiger charge is 2.14. The van der Waals surface area contributed by atoms with Crippen molar-refractivity contribution in [3.05, 3.63) is 59.2 Å². The summed E-state index contributed by atoms with van der Waals surface area (Å²) in [5, 5.41) is 4.42. The highest BCUT2D eigenvalue weighted by molar-refractivity contribution is 7.20. The van der Waals surface area contributed by atoms with Gasteiger partial charge in [-0.15, -0.1) is 11.3 Å². The number of furan rings is 1. The van der Waals surface area contributed by atoms with Gasteiger partial charge in [0.1, 0.15) is 10.5 Å². The first-order chi connectivity index (χ1) is 12.5. The molecule has 3 N–H and O–H groups in total. The molecule has 7 heteroatoms. The van der Waals surface area contributed by atoms with Gasteiger partial charge >= 0.3 is 5.97 Å². The lowest BCUT2D eigenvalue weighted by atomic mass is 10.2. The lowest BCUT2D eigenvalue weighted by Crippen LogP contribution is -2.10. The molecule has 0 aliphatic heterocycles. The third kappa shape index (κ3) is 2.89. The van der Waals surface area contributed by atoms with Crippen LogP contribution in [0.15, 0.2) is 52.9 Å². The standard InChI is InChI=1S/C19H14N2O4S/c1-24-19(23)17-9-11-7-13(3-5-16(11)26-17)21-18(22)15-8-10-6-12(20)2-4-14(10)25-15/h2-9H,20H2,1H3,(H,21,22). The van der Waals surface area contributed by atoms with E-state index >= 15 is 0 Å². The fourth-order valence-electron chi connectivity index (χ4n) is 2.69. The molecule has 0 aliphatic rings. The smallest absolute Gasteiger partial charge is 0.348 e. The molecule has 0 aliphatic carbocycles. The summed E-state index contributed by atoms with van der Waals surface area (Å²) < 4.78 is 11.2. The minimum atomic E-state index is -0.377. The number of hydrogen-bond donors (Lipinski definition) is 2. The third-order valence-electron chi connectivity index (χ3n) is 3.92. The summed E-state index contributed by atoms with van der Waals surface area (Å²) in [6.45, 7) is 0. The Labute approximate surface area is 152 Å². The van der Waals surface area contributed by atoms with Crippen molar-refractivity contribution >= 4 is 55.6 Å². The molecule has 2 heterocycles. The number of anilines is 2. The molecule has 130 valence electrons. The number of nitrogens with two attached hydrogens (primary N) is 1. The number of carbonyl (C=O) groups is 2. The fraction of sp³-hybridized carbons (Fsp3) is 0.0526. The van der Waals surface area contributed by atoms with Gasteiger partial charge in [-0.3, -0.25) is 4.79 Å². The second kappa shape index (κ2) is 6.20. The minimum absolute atomic E-state index is 0.200. The van der Waals surface area contributed by atoms with E-state index in [1.54, 1.807) is 42.5 Å². The molecular weight excluding hydrogens is 352 g/mol. The summed E-state index contributed by atoms with van der Waals surface area (Å²) in [5.41, 5.74) is 7.56. The SMILES string of the molecule is COC(=O)c1cc2cc(NC(=O)c3cc4cc(N)ccc4o3)ccc2s1. The normalized spacial score (nSPS) is 11.0. The number of nitrogen functional groups attached to an aromatic ring is 1. The van der Waals surface area contributed by atoms with Gasteiger partial charge in [0.15, 0.2) is 5.76 Å². The maximum Gasteiger partial charge on any atom is 0.348 e. The van der Waals surface area contributed by atoms with Crippen LogP contribution in [0.3, 0.4) is 0 Å².